The number of amides is 1. The van der Waals surface area contributed by atoms with Crippen LogP contribution in [0.15, 0.2) is 18.5 Å². The molecule has 15 nitrogen and oxygen atoms in total. The Balaban J connectivity index is 1.59. The number of nitrogens with zero attached hydrogens (tertiary/aromatic N) is 4. The summed E-state index contributed by atoms with van der Waals surface area (Å²) in [5.74, 6) is 0.650. The second kappa shape index (κ2) is 12.5. The lowest BCUT2D eigenvalue weighted by Crippen LogP contribution is -2.46. The van der Waals surface area contributed by atoms with Crippen molar-refractivity contribution < 1.29 is 48.0 Å². The van der Waals surface area contributed by atoms with Gasteiger partial charge in [0.15, 0.2) is 34.3 Å². The van der Waals surface area contributed by atoms with E-state index in [-0.39, 0.29) is 17.9 Å². The van der Waals surface area contributed by atoms with E-state index in [1.165, 1.54) is 25.5 Å². The van der Waals surface area contributed by atoms with E-state index in [4.69, 9.17) is 19.7 Å². The number of hydrogen-bond donors (Lipinski definition) is 4. The summed E-state index contributed by atoms with van der Waals surface area (Å²) in [5, 5.41) is 23.2. The molecule has 2 saturated carbocycles. The number of nitrogens with one attached hydrogen (secondary N) is 2. The number of halogens is 1. The summed E-state index contributed by atoms with van der Waals surface area (Å²) in [7, 11) is 3.01. The van der Waals surface area contributed by atoms with Crippen molar-refractivity contribution in [3.05, 3.63) is 34.3 Å². The lowest BCUT2D eigenvalue weighted by molar-refractivity contribution is -0.175. The highest BCUT2D eigenvalue weighted by Crippen LogP contribution is 2.69. The number of rotatable bonds is 11. The maximum absolute atomic E-state index is 13.5. The first kappa shape index (κ1) is 31.3. The van der Waals surface area contributed by atoms with E-state index in [9.17, 15) is 28.4 Å². The lowest BCUT2D eigenvalue weighted by atomic mass is 9.97. The Labute approximate surface area is 258 Å². The maximum Gasteiger partial charge on any atom is 0.306 e. The van der Waals surface area contributed by atoms with Gasteiger partial charge in [0, 0.05) is 20.0 Å². The van der Waals surface area contributed by atoms with E-state index in [1.807, 2.05) is 0 Å². The molecule has 2 aliphatic rings. The first-order chi connectivity index (χ1) is 21.5. The van der Waals surface area contributed by atoms with Crippen LogP contribution in [0.1, 0.15) is 48.8 Å². The molecule has 3 aromatic rings. The van der Waals surface area contributed by atoms with Gasteiger partial charge in [0.2, 0.25) is 11.7 Å². The van der Waals surface area contributed by atoms with E-state index in [1.54, 1.807) is 11.6 Å². The van der Waals surface area contributed by atoms with E-state index in [0.717, 1.165) is 11.3 Å². The van der Waals surface area contributed by atoms with Crippen LogP contribution < -0.4 is 10.6 Å². The molecule has 0 spiro atoms. The molecule has 0 aromatic carbocycles. The van der Waals surface area contributed by atoms with Gasteiger partial charge in [0.25, 0.3) is 0 Å². The molecule has 1 amide bonds. The zero-order valence-electron chi connectivity index (χ0n) is 23.9. The lowest BCUT2D eigenvalue weighted by Gasteiger charge is -2.31. The predicted octanol–water partition coefficient (Wildman–Crippen LogP) is 1.33. The molecule has 236 valence electrons. The van der Waals surface area contributed by atoms with Gasteiger partial charge in [0.1, 0.15) is 0 Å². The fraction of sp³-hybridized carbons (Fsp3) is 0.429. The van der Waals surface area contributed by atoms with Crippen LogP contribution in [-0.2, 0) is 33.4 Å². The topological polar surface area (TPSA) is 212 Å². The highest BCUT2D eigenvalue weighted by molar-refractivity contribution is 7.10. The number of aromatic nitrogens is 4. The summed E-state index contributed by atoms with van der Waals surface area (Å²) in [6, 6.07) is 1.93. The molecule has 5 atom stereocenters. The van der Waals surface area contributed by atoms with Gasteiger partial charge in [-0.2, -0.15) is 4.39 Å². The Kier molecular flexibility index (Phi) is 8.68. The number of ether oxygens (including phenoxy) is 2. The zero-order chi connectivity index (χ0) is 32.5. The van der Waals surface area contributed by atoms with Crippen LogP contribution >= 0.6 is 11.3 Å². The highest BCUT2D eigenvalue weighted by atomic mass is 32.1. The molecule has 2 fully saturated rings. The van der Waals surface area contributed by atoms with Crippen LogP contribution in [0.5, 0.6) is 0 Å². The smallest absolute Gasteiger partial charge is 0.306 e. The first-order valence-electron chi connectivity index (χ1n) is 13.7. The summed E-state index contributed by atoms with van der Waals surface area (Å²) >= 11 is 0.851. The minimum atomic E-state index is -1.34. The van der Waals surface area contributed by atoms with Crippen molar-refractivity contribution in [3.63, 3.8) is 0 Å². The van der Waals surface area contributed by atoms with Crippen molar-refractivity contribution in [1.82, 2.24) is 24.8 Å². The second-order valence-electron chi connectivity index (χ2n) is 10.4. The number of hydrogen-bond acceptors (Lipinski definition) is 12. The van der Waals surface area contributed by atoms with Crippen LogP contribution in [0.4, 0.5) is 10.2 Å². The van der Waals surface area contributed by atoms with E-state index in [0.29, 0.717) is 16.2 Å². The molecular formula is C28H27FN6O9S. The van der Waals surface area contributed by atoms with E-state index >= 15 is 0 Å². The minimum absolute atomic E-state index is 0.0559. The standard InChI is InChI=1S/C28H27FN6O9S/c1-30-25-21-26(34-16(33-25)6-4-13-3-5-15(29)45-13)35(12-32-21)22-14-11-28(14,27(42)31-2)24(44-20(41)10-8-18(38)39)23(22)43-19(40)9-7-17(36)37/h3,5,12,14,22-24H,7-11H2,1-2H3,(H,31,42)(H,36,37)(H,38,39)(H,30,33,34)/t14?,22?,23-,24-,28?/m0/s1. The monoisotopic (exact) mass is 642 g/mol. The number of thiophene rings is 1. The highest BCUT2D eigenvalue weighted by Gasteiger charge is 2.78. The normalized spacial score (nSPS) is 22.9. The average molecular weight is 643 g/mol. The molecule has 3 aromatic heterocycles. The van der Waals surface area contributed by atoms with Crippen LogP contribution in [0.25, 0.3) is 11.2 Å². The van der Waals surface area contributed by atoms with Crippen LogP contribution in [0.3, 0.4) is 0 Å². The SMILES string of the molecule is CNC(=O)C12CC1C(n1cnc3c(NC)nc(C#Cc4ccc(F)s4)nc31)[C@H](OC(=O)CCC(=O)O)[C@@H]2OC(=O)CCC(=O)O. The molecule has 0 bridgehead atoms. The van der Waals surface area contributed by atoms with Gasteiger partial charge >= 0.3 is 23.9 Å². The summed E-state index contributed by atoms with van der Waals surface area (Å²) in [6.45, 7) is 0. The van der Waals surface area contributed by atoms with Crippen molar-refractivity contribution in [3.8, 4) is 11.8 Å². The average Bonchev–Trinajstić information content (AvgIpc) is 3.23. The molecule has 3 unspecified atom stereocenters. The van der Waals surface area contributed by atoms with Crippen LogP contribution in [0.2, 0.25) is 0 Å². The summed E-state index contributed by atoms with van der Waals surface area (Å²) in [6.07, 6.45) is -3.03. The number of fused-ring (bicyclic) bond motifs is 2. The van der Waals surface area contributed by atoms with Crippen molar-refractivity contribution in [2.45, 2.75) is 50.4 Å². The number of anilines is 1. The molecule has 17 heteroatoms. The Bertz CT molecular complexity index is 1760. The second-order valence-corrected chi connectivity index (χ2v) is 11.4. The zero-order valence-corrected chi connectivity index (χ0v) is 24.7. The molecule has 4 N–H and O–H groups in total. The number of carbonyl (C=O) groups excluding carboxylic acids is 3. The fourth-order valence-corrected chi connectivity index (χ4v) is 6.32. The molecule has 0 saturated heterocycles. The third kappa shape index (κ3) is 6.13. The van der Waals surface area contributed by atoms with Gasteiger partial charge in [0.05, 0.1) is 48.3 Å². The van der Waals surface area contributed by atoms with Gasteiger partial charge in [-0.3, -0.25) is 24.0 Å². The van der Waals surface area contributed by atoms with Gasteiger partial charge in [-0.1, -0.05) is 11.3 Å². The quantitative estimate of drug-likeness (QED) is 0.172. The number of carboxylic acids is 2. The third-order valence-electron chi connectivity index (χ3n) is 7.73. The van der Waals surface area contributed by atoms with Crippen molar-refractivity contribution in [2.24, 2.45) is 11.3 Å². The number of carboxylic acid groups (broad SMARTS) is 2. The Hall–Kier alpha value is -5.11. The van der Waals surface area contributed by atoms with Crippen molar-refractivity contribution in [2.75, 3.05) is 19.4 Å². The molecule has 2 aliphatic carbocycles. The number of aliphatic carboxylic acids is 2. The Morgan fingerprint density at radius 1 is 1.04 bits per heavy atom. The molecule has 5 rings (SSSR count). The summed E-state index contributed by atoms with van der Waals surface area (Å²) in [4.78, 5) is 74.9. The summed E-state index contributed by atoms with van der Waals surface area (Å²) < 4.78 is 26.5. The molecular weight excluding hydrogens is 615 g/mol. The molecule has 0 aliphatic heterocycles. The van der Waals surface area contributed by atoms with E-state index < -0.39 is 90.2 Å². The van der Waals surface area contributed by atoms with Gasteiger partial charge < -0.3 is 34.9 Å². The Morgan fingerprint density at radius 2 is 1.73 bits per heavy atom. The largest absolute Gasteiger partial charge is 0.481 e. The molecule has 45 heavy (non-hydrogen) atoms. The van der Waals surface area contributed by atoms with Crippen LogP contribution in [0, 0.1) is 28.3 Å². The maximum atomic E-state index is 13.5. The van der Waals surface area contributed by atoms with Crippen LogP contribution in [-0.4, -0.2) is 85.8 Å². The molecule has 3 heterocycles. The number of esters is 2. The van der Waals surface area contributed by atoms with Crippen molar-refractivity contribution >= 4 is 58.1 Å². The van der Waals surface area contributed by atoms with Crippen molar-refractivity contribution in [1.29, 1.82) is 0 Å². The number of imidazole rings is 1. The molecule has 0 radical (unpaired) electrons. The summed E-state index contributed by atoms with van der Waals surface area (Å²) in [5.41, 5.74) is -0.783. The van der Waals surface area contributed by atoms with Gasteiger partial charge in [-0.15, -0.1) is 0 Å². The van der Waals surface area contributed by atoms with E-state index in [2.05, 4.69) is 37.4 Å². The Morgan fingerprint density at radius 3 is 2.33 bits per heavy atom. The predicted molar refractivity (Wildman–Crippen MR) is 152 cm³/mol. The number of carbonyl (C=O) groups is 5. The van der Waals surface area contributed by atoms with Gasteiger partial charge in [-0.05, 0) is 30.4 Å². The first-order valence-corrected chi connectivity index (χ1v) is 14.5. The van der Waals surface area contributed by atoms with Gasteiger partial charge in [-0.25, -0.2) is 15.0 Å². The minimum Gasteiger partial charge on any atom is -0.481 e. The fourth-order valence-electron chi connectivity index (χ4n) is 5.73. The third-order valence-corrected chi connectivity index (χ3v) is 8.52.